The Morgan fingerprint density at radius 1 is 1.08 bits per heavy atom. The van der Waals surface area contributed by atoms with Crippen LogP contribution >= 0.6 is 23.2 Å². The van der Waals surface area contributed by atoms with Gasteiger partial charge in [0.25, 0.3) is 5.56 Å². The number of halogens is 2. The molecule has 0 unspecified atom stereocenters. The van der Waals surface area contributed by atoms with Gasteiger partial charge < -0.3 is 10.3 Å². The summed E-state index contributed by atoms with van der Waals surface area (Å²) in [6, 6.07) is 12.5. The molecule has 3 aromatic rings. The molecule has 0 spiro atoms. The first-order valence-electron chi connectivity index (χ1n) is 7.65. The van der Waals surface area contributed by atoms with Crippen molar-refractivity contribution < 1.29 is 0 Å². The molecule has 0 amide bonds. The number of H-pyrrole nitrogens is 1. The van der Waals surface area contributed by atoms with E-state index in [-0.39, 0.29) is 17.6 Å². The monoisotopic (exact) mass is 361 g/mol. The van der Waals surface area contributed by atoms with Gasteiger partial charge >= 0.3 is 0 Å². The van der Waals surface area contributed by atoms with Crippen molar-refractivity contribution in [3.05, 3.63) is 74.3 Å². The smallest absolute Gasteiger partial charge is 0.258 e. The summed E-state index contributed by atoms with van der Waals surface area (Å²) < 4.78 is 0. The lowest BCUT2D eigenvalue weighted by molar-refractivity contribution is 0.477. The van der Waals surface area contributed by atoms with Crippen molar-refractivity contribution in [3.63, 3.8) is 0 Å². The van der Waals surface area contributed by atoms with Crippen molar-refractivity contribution in [1.82, 2.24) is 15.3 Å². The quantitative estimate of drug-likeness (QED) is 0.711. The van der Waals surface area contributed by atoms with E-state index in [2.05, 4.69) is 15.3 Å². The van der Waals surface area contributed by atoms with Crippen molar-refractivity contribution in [2.75, 3.05) is 0 Å². The molecule has 124 valence electrons. The molecule has 0 fully saturated rings. The fraction of sp³-hybridized carbons (Fsp3) is 0.222. The Balaban J connectivity index is 1.86. The van der Waals surface area contributed by atoms with E-state index in [1.807, 2.05) is 44.2 Å². The van der Waals surface area contributed by atoms with Crippen LogP contribution in [0.25, 0.3) is 10.9 Å². The lowest BCUT2D eigenvalue weighted by Crippen LogP contribution is -2.26. The molecule has 0 aliphatic carbocycles. The maximum absolute atomic E-state index is 12.2. The second kappa shape index (κ2) is 6.93. The number of nitrogens with zero attached hydrogens (tertiary/aromatic N) is 1. The van der Waals surface area contributed by atoms with E-state index in [0.29, 0.717) is 26.8 Å². The molecule has 0 aliphatic heterocycles. The summed E-state index contributed by atoms with van der Waals surface area (Å²) in [6.07, 6.45) is 0. The van der Waals surface area contributed by atoms with Crippen LogP contribution in [0.3, 0.4) is 0 Å². The normalized spacial score (nSPS) is 13.8. The summed E-state index contributed by atoms with van der Waals surface area (Å²) >= 11 is 12.2. The number of para-hydroxylation sites is 1. The van der Waals surface area contributed by atoms with E-state index in [4.69, 9.17) is 23.2 Å². The Labute approximate surface area is 149 Å². The van der Waals surface area contributed by atoms with Gasteiger partial charge in [0.15, 0.2) is 0 Å². The lowest BCUT2D eigenvalue weighted by atomic mass is 10.1. The standard InChI is InChI=1S/C18H17Cl2N3O/c1-10(13-8-7-12(19)9-15(13)20)21-11(2)17-22-16-6-4-3-5-14(16)18(24)23-17/h3-11,21H,1-2H3,(H,22,23,24)/t10-,11+/m0/s1. The number of nitrogens with one attached hydrogen (secondary N) is 2. The average Bonchev–Trinajstić information content (AvgIpc) is 2.54. The molecule has 4 nitrogen and oxygen atoms in total. The van der Waals surface area contributed by atoms with Gasteiger partial charge in [0.2, 0.25) is 0 Å². The summed E-state index contributed by atoms with van der Waals surface area (Å²) in [5.74, 6) is 0.593. The van der Waals surface area contributed by atoms with Gasteiger partial charge in [-0.25, -0.2) is 4.98 Å². The molecular formula is C18H17Cl2N3O. The largest absolute Gasteiger partial charge is 0.309 e. The Kier molecular flexibility index (Phi) is 4.90. The third-order valence-corrected chi connectivity index (χ3v) is 4.53. The van der Waals surface area contributed by atoms with Gasteiger partial charge in [0, 0.05) is 16.1 Å². The number of aromatic amines is 1. The number of benzene rings is 2. The first kappa shape index (κ1) is 17.0. The summed E-state index contributed by atoms with van der Waals surface area (Å²) in [4.78, 5) is 19.6. The fourth-order valence-corrected chi connectivity index (χ4v) is 3.28. The second-order valence-electron chi connectivity index (χ2n) is 5.74. The molecule has 0 radical (unpaired) electrons. The maximum Gasteiger partial charge on any atom is 0.258 e. The first-order chi connectivity index (χ1) is 11.5. The van der Waals surface area contributed by atoms with Crippen LogP contribution in [-0.2, 0) is 0 Å². The van der Waals surface area contributed by atoms with E-state index in [0.717, 1.165) is 5.56 Å². The molecule has 0 saturated heterocycles. The number of aromatic nitrogens is 2. The third-order valence-electron chi connectivity index (χ3n) is 3.97. The summed E-state index contributed by atoms with van der Waals surface area (Å²) in [6.45, 7) is 3.96. The summed E-state index contributed by atoms with van der Waals surface area (Å²) in [5, 5.41) is 5.20. The lowest BCUT2D eigenvalue weighted by Gasteiger charge is -2.21. The Morgan fingerprint density at radius 3 is 2.58 bits per heavy atom. The predicted octanol–water partition coefficient (Wildman–Crippen LogP) is 4.64. The van der Waals surface area contributed by atoms with Crippen molar-refractivity contribution in [2.24, 2.45) is 0 Å². The van der Waals surface area contributed by atoms with Crippen molar-refractivity contribution >= 4 is 34.1 Å². The highest BCUT2D eigenvalue weighted by molar-refractivity contribution is 6.35. The van der Waals surface area contributed by atoms with Crippen LogP contribution in [0.15, 0.2) is 47.3 Å². The van der Waals surface area contributed by atoms with Gasteiger partial charge in [-0.2, -0.15) is 0 Å². The highest BCUT2D eigenvalue weighted by Gasteiger charge is 2.16. The number of rotatable bonds is 4. The molecule has 2 N–H and O–H groups in total. The highest BCUT2D eigenvalue weighted by atomic mass is 35.5. The molecule has 1 heterocycles. The molecule has 24 heavy (non-hydrogen) atoms. The molecule has 6 heteroatoms. The topological polar surface area (TPSA) is 57.8 Å². The Bertz CT molecular complexity index is 939. The molecule has 3 rings (SSSR count). The van der Waals surface area contributed by atoms with Crippen LogP contribution in [0.4, 0.5) is 0 Å². The minimum atomic E-state index is -0.149. The number of hydrogen-bond acceptors (Lipinski definition) is 3. The first-order valence-corrected chi connectivity index (χ1v) is 8.41. The molecular weight excluding hydrogens is 345 g/mol. The zero-order chi connectivity index (χ0) is 17.3. The molecule has 2 aromatic carbocycles. The maximum atomic E-state index is 12.2. The van der Waals surface area contributed by atoms with Gasteiger partial charge in [-0.05, 0) is 43.7 Å². The molecule has 2 atom stereocenters. The van der Waals surface area contributed by atoms with Crippen molar-refractivity contribution in [2.45, 2.75) is 25.9 Å². The predicted molar refractivity (Wildman–Crippen MR) is 98.8 cm³/mol. The Morgan fingerprint density at radius 2 is 1.83 bits per heavy atom. The van der Waals surface area contributed by atoms with E-state index < -0.39 is 0 Å². The van der Waals surface area contributed by atoms with Gasteiger partial charge in [0.1, 0.15) is 5.82 Å². The number of hydrogen-bond donors (Lipinski definition) is 2. The minimum Gasteiger partial charge on any atom is -0.309 e. The van der Waals surface area contributed by atoms with Crippen LogP contribution in [-0.4, -0.2) is 9.97 Å². The minimum absolute atomic E-state index is 0.0264. The van der Waals surface area contributed by atoms with Gasteiger partial charge in [-0.3, -0.25) is 4.79 Å². The molecule has 0 bridgehead atoms. The third kappa shape index (κ3) is 3.46. The Hall–Kier alpha value is -1.88. The van der Waals surface area contributed by atoms with Crippen LogP contribution in [0.1, 0.15) is 37.3 Å². The van der Waals surface area contributed by atoms with Crippen LogP contribution in [0.2, 0.25) is 10.0 Å². The molecule has 0 aliphatic rings. The van der Waals surface area contributed by atoms with Gasteiger partial charge in [-0.15, -0.1) is 0 Å². The highest BCUT2D eigenvalue weighted by Crippen LogP contribution is 2.27. The van der Waals surface area contributed by atoms with E-state index in [1.165, 1.54) is 0 Å². The van der Waals surface area contributed by atoms with Crippen LogP contribution in [0, 0.1) is 0 Å². The van der Waals surface area contributed by atoms with Crippen molar-refractivity contribution in [1.29, 1.82) is 0 Å². The van der Waals surface area contributed by atoms with Gasteiger partial charge in [-0.1, -0.05) is 41.4 Å². The molecule has 1 aromatic heterocycles. The van der Waals surface area contributed by atoms with Crippen molar-refractivity contribution in [3.8, 4) is 0 Å². The molecule has 0 saturated carbocycles. The SMILES string of the molecule is C[C@H](N[C@H](C)c1nc2ccccc2c(=O)[nH]1)c1ccc(Cl)cc1Cl. The van der Waals surface area contributed by atoms with E-state index >= 15 is 0 Å². The zero-order valence-electron chi connectivity index (χ0n) is 13.3. The number of fused-ring (bicyclic) bond motifs is 1. The van der Waals surface area contributed by atoms with Gasteiger partial charge in [0.05, 0.1) is 16.9 Å². The summed E-state index contributed by atoms with van der Waals surface area (Å²) in [5.41, 5.74) is 1.49. The van der Waals surface area contributed by atoms with E-state index in [1.54, 1.807) is 12.1 Å². The average molecular weight is 362 g/mol. The van der Waals surface area contributed by atoms with E-state index in [9.17, 15) is 4.79 Å². The zero-order valence-corrected chi connectivity index (χ0v) is 14.8. The van der Waals surface area contributed by atoms with Crippen LogP contribution < -0.4 is 10.9 Å². The summed E-state index contributed by atoms with van der Waals surface area (Å²) in [7, 11) is 0. The van der Waals surface area contributed by atoms with Crippen LogP contribution in [0.5, 0.6) is 0 Å². The fourth-order valence-electron chi connectivity index (χ4n) is 2.71. The second-order valence-corrected chi connectivity index (χ2v) is 6.59.